The first-order chi connectivity index (χ1) is 9.92. The molecule has 0 atom stereocenters. The Morgan fingerprint density at radius 3 is 1.55 bits per heavy atom. The third kappa shape index (κ3) is 1.70. The quantitative estimate of drug-likeness (QED) is 0.433. The Labute approximate surface area is 114 Å². The largest absolute Gasteiger partial charge is 0.358 e. The van der Waals surface area contributed by atoms with Crippen LogP contribution in [0.4, 0.5) is 0 Å². The van der Waals surface area contributed by atoms with Crippen LogP contribution >= 0.6 is 0 Å². The highest BCUT2D eigenvalue weighted by molar-refractivity contribution is 5.87. The number of aromatic nitrogens is 2. The average Bonchev–Trinajstić information content (AvgIpc) is 3.09. The van der Waals surface area contributed by atoms with Crippen LogP contribution in [0.25, 0.3) is 21.8 Å². The molecule has 4 rings (SSSR count). The first kappa shape index (κ1) is 11.0. The predicted molar refractivity (Wildman–Crippen MR) is 77.9 cm³/mol. The molecule has 2 heterocycles. The van der Waals surface area contributed by atoms with Gasteiger partial charge in [-0.2, -0.15) is 0 Å². The molecular formula is C16H12N2O2. The lowest BCUT2D eigenvalue weighted by Gasteiger charge is -2.03. The highest BCUT2D eigenvalue weighted by atomic mass is 17.2. The Bertz CT molecular complexity index is 802. The van der Waals surface area contributed by atoms with Crippen molar-refractivity contribution in [3.63, 3.8) is 0 Å². The molecule has 0 aliphatic carbocycles. The summed E-state index contributed by atoms with van der Waals surface area (Å²) in [5.41, 5.74) is 2.04. The maximum Gasteiger partial charge on any atom is 0.203 e. The molecule has 0 bridgehead atoms. The minimum atomic E-state index is 0.672. The summed E-state index contributed by atoms with van der Waals surface area (Å²) in [5.74, 6) is 1.34. The smallest absolute Gasteiger partial charge is 0.203 e. The van der Waals surface area contributed by atoms with E-state index in [1.165, 1.54) is 0 Å². The van der Waals surface area contributed by atoms with Crippen LogP contribution in [-0.4, -0.2) is 9.97 Å². The molecule has 2 N–H and O–H groups in total. The number of hydrogen-bond acceptors (Lipinski definition) is 2. The maximum atomic E-state index is 5.46. The van der Waals surface area contributed by atoms with Crippen LogP contribution in [0.1, 0.15) is 0 Å². The molecule has 0 saturated heterocycles. The summed E-state index contributed by atoms with van der Waals surface area (Å²) < 4.78 is 0. The lowest BCUT2D eigenvalue weighted by atomic mass is 10.2. The van der Waals surface area contributed by atoms with Gasteiger partial charge in [-0.1, -0.05) is 24.3 Å². The monoisotopic (exact) mass is 264 g/mol. The minimum Gasteiger partial charge on any atom is -0.358 e. The number of hydrogen-bond donors (Lipinski definition) is 2. The number of H-pyrrole nitrogens is 2. The van der Waals surface area contributed by atoms with Gasteiger partial charge in [0.2, 0.25) is 11.5 Å². The van der Waals surface area contributed by atoms with E-state index in [0.717, 1.165) is 21.8 Å². The van der Waals surface area contributed by atoms with Crippen molar-refractivity contribution in [2.45, 2.75) is 0 Å². The zero-order valence-corrected chi connectivity index (χ0v) is 10.6. The number of fused-ring (bicyclic) bond motifs is 2. The molecule has 0 amide bonds. The van der Waals surface area contributed by atoms with Gasteiger partial charge in [0.15, 0.2) is 0 Å². The number of rotatable bonds is 3. The standard InChI is InChI=1S/C16H12N2O2/c1-3-7-13-11(5-1)15(9-17-13)19-20-16-10-18-14-8-4-2-6-12(14)16/h1-10,17-18H. The molecule has 0 spiro atoms. The van der Waals surface area contributed by atoms with Crippen molar-refractivity contribution in [3.8, 4) is 11.5 Å². The van der Waals surface area contributed by atoms with Crippen molar-refractivity contribution >= 4 is 21.8 Å². The molecule has 0 unspecified atom stereocenters. The zero-order chi connectivity index (χ0) is 13.4. The number of nitrogens with one attached hydrogen (secondary N) is 2. The Balaban J connectivity index is 1.64. The molecule has 0 radical (unpaired) electrons. The van der Waals surface area contributed by atoms with Gasteiger partial charge in [-0.25, -0.2) is 0 Å². The molecule has 0 aliphatic rings. The molecule has 20 heavy (non-hydrogen) atoms. The van der Waals surface area contributed by atoms with Gasteiger partial charge in [0.05, 0.1) is 0 Å². The van der Waals surface area contributed by atoms with E-state index < -0.39 is 0 Å². The summed E-state index contributed by atoms with van der Waals surface area (Å²) in [7, 11) is 0. The van der Waals surface area contributed by atoms with E-state index in [2.05, 4.69) is 9.97 Å². The third-order valence-electron chi connectivity index (χ3n) is 3.32. The molecule has 2 aromatic carbocycles. The highest BCUT2D eigenvalue weighted by Gasteiger charge is 2.08. The zero-order valence-electron chi connectivity index (χ0n) is 10.6. The highest BCUT2D eigenvalue weighted by Crippen LogP contribution is 2.28. The SMILES string of the molecule is c1ccc2c(OOc3c[nH]c4ccccc34)c[nH]c2c1. The van der Waals surface area contributed by atoms with Crippen molar-refractivity contribution in [2.24, 2.45) is 0 Å². The van der Waals surface area contributed by atoms with Crippen LogP contribution in [0.3, 0.4) is 0 Å². The molecular weight excluding hydrogens is 252 g/mol. The summed E-state index contributed by atoms with van der Waals surface area (Å²) in [5, 5.41) is 1.99. The Kier molecular flexibility index (Phi) is 2.39. The lowest BCUT2D eigenvalue weighted by Crippen LogP contribution is -1.98. The normalized spacial score (nSPS) is 11.0. The Hall–Kier alpha value is -2.88. The number of para-hydroxylation sites is 2. The molecule has 2 aromatic heterocycles. The summed E-state index contributed by atoms with van der Waals surface area (Å²) in [4.78, 5) is 17.2. The topological polar surface area (TPSA) is 50.0 Å². The second-order valence-corrected chi connectivity index (χ2v) is 4.56. The summed E-state index contributed by atoms with van der Waals surface area (Å²) in [6, 6.07) is 15.8. The van der Waals surface area contributed by atoms with E-state index in [1.807, 2.05) is 48.5 Å². The van der Waals surface area contributed by atoms with Gasteiger partial charge in [-0.3, -0.25) is 9.78 Å². The first-order valence-electron chi connectivity index (χ1n) is 6.38. The van der Waals surface area contributed by atoms with Crippen molar-refractivity contribution in [2.75, 3.05) is 0 Å². The Morgan fingerprint density at radius 1 is 0.600 bits per heavy atom. The lowest BCUT2D eigenvalue weighted by molar-refractivity contribution is -0.0968. The predicted octanol–water partition coefficient (Wildman–Crippen LogP) is 4.02. The molecule has 4 aromatic rings. The Morgan fingerprint density at radius 2 is 1.05 bits per heavy atom. The van der Waals surface area contributed by atoms with Crippen LogP contribution in [0, 0.1) is 0 Å². The van der Waals surface area contributed by atoms with E-state index >= 15 is 0 Å². The fourth-order valence-electron chi connectivity index (χ4n) is 2.32. The summed E-state index contributed by atoms with van der Waals surface area (Å²) in [6.07, 6.45) is 3.58. The maximum absolute atomic E-state index is 5.46. The van der Waals surface area contributed by atoms with E-state index in [4.69, 9.17) is 9.78 Å². The van der Waals surface area contributed by atoms with E-state index in [-0.39, 0.29) is 0 Å². The summed E-state index contributed by atoms with van der Waals surface area (Å²) in [6.45, 7) is 0. The van der Waals surface area contributed by atoms with Crippen LogP contribution in [-0.2, 0) is 0 Å². The van der Waals surface area contributed by atoms with Gasteiger partial charge in [0, 0.05) is 34.2 Å². The van der Waals surface area contributed by atoms with Crippen LogP contribution < -0.4 is 9.78 Å². The van der Waals surface area contributed by atoms with Gasteiger partial charge in [0.25, 0.3) is 0 Å². The van der Waals surface area contributed by atoms with E-state index in [1.54, 1.807) is 12.4 Å². The average molecular weight is 264 g/mol. The second kappa shape index (κ2) is 4.35. The fourth-order valence-corrected chi connectivity index (χ4v) is 2.32. The van der Waals surface area contributed by atoms with Crippen molar-refractivity contribution < 1.29 is 9.78 Å². The molecule has 0 aliphatic heterocycles. The third-order valence-corrected chi connectivity index (χ3v) is 3.32. The first-order valence-corrected chi connectivity index (χ1v) is 6.38. The van der Waals surface area contributed by atoms with Gasteiger partial charge in [0.1, 0.15) is 0 Å². The van der Waals surface area contributed by atoms with Crippen molar-refractivity contribution in [3.05, 3.63) is 60.9 Å². The van der Waals surface area contributed by atoms with E-state index in [9.17, 15) is 0 Å². The van der Waals surface area contributed by atoms with Crippen molar-refractivity contribution in [1.82, 2.24) is 9.97 Å². The minimum absolute atomic E-state index is 0.672. The number of benzene rings is 2. The van der Waals surface area contributed by atoms with Crippen molar-refractivity contribution in [1.29, 1.82) is 0 Å². The molecule has 98 valence electrons. The van der Waals surface area contributed by atoms with Crippen LogP contribution in [0.5, 0.6) is 11.5 Å². The summed E-state index contributed by atoms with van der Waals surface area (Å²) >= 11 is 0. The van der Waals surface area contributed by atoms with Gasteiger partial charge < -0.3 is 9.97 Å². The van der Waals surface area contributed by atoms with Gasteiger partial charge >= 0.3 is 0 Å². The molecule has 4 heteroatoms. The molecule has 0 saturated carbocycles. The van der Waals surface area contributed by atoms with E-state index in [0.29, 0.717) is 11.5 Å². The fraction of sp³-hybridized carbons (Fsp3) is 0. The van der Waals surface area contributed by atoms with Crippen LogP contribution in [0.2, 0.25) is 0 Å². The van der Waals surface area contributed by atoms with Gasteiger partial charge in [-0.15, -0.1) is 0 Å². The molecule has 4 nitrogen and oxygen atoms in total. The number of aromatic amines is 2. The van der Waals surface area contributed by atoms with Crippen LogP contribution in [0.15, 0.2) is 60.9 Å². The van der Waals surface area contributed by atoms with Gasteiger partial charge in [-0.05, 0) is 24.3 Å². The second-order valence-electron chi connectivity index (χ2n) is 4.56. The molecule has 0 fully saturated rings.